The van der Waals surface area contributed by atoms with Crippen LogP contribution in [0.5, 0.6) is 11.5 Å². The molecular formula is C25H28N4O3. The summed E-state index contributed by atoms with van der Waals surface area (Å²) < 4.78 is 7.00. The largest absolute Gasteiger partial charge is 0.504 e. The van der Waals surface area contributed by atoms with Gasteiger partial charge in [0.05, 0.1) is 7.11 Å². The fourth-order valence-corrected chi connectivity index (χ4v) is 3.98. The van der Waals surface area contributed by atoms with Crippen molar-refractivity contribution in [1.29, 1.82) is 0 Å². The Hall–Kier alpha value is -3.58. The van der Waals surface area contributed by atoms with Crippen molar-refractivity contribution in [2.45, 2.75) is 19.5 Å². The number of amides is 1. The van der Waals surface area contributed by atoms with Crippen molar-refractivity contribution in [1.82, 2.24) is 20.0 Å². The summed E-state index contributed by atoms with van der Waals surface area (Å²) >= 11 is 0. The Balaban J connectivity index is 1.41. The SMILES string of the molecule is COc1cc(C=CCN2CCc3c(c(C(=O)NCc4ccccc4)nn3C)C2)ccc1O. The van der Waals surface area contributed by atoms with Crippen molar-refractivity contribution in [2.24, 2.45) is 7.05 Å². The Bertz CT molecular complexity index is 1120. The number of hydrogen-bond donors (Lipinski definition) is 2. The molecule has 2 N–H and O–H groups in total. The third-order valence-corrected chi connectivity index (χ3v) is 5.71. The number of nitrogens with zero attached hydrogens (tertiary/aromatic N) is 3. The van der Waals surface area contributed by atoms with E-state index in [9.17, 15) is 9.90 Å². The number of nitrogens with one attached hydrogen (secondary N) is 1. The minimum atomic E-state index is -0.140. The van der Waals surface area contributed by atoms with E-state index in [2.05, 4.69) is 21.4 Å². The summed E-state index contributed by atoms with van der Waals surface area (Å²) in [5.74, 6) is 0.443. The lowest BCUT2D eigenvalue weighted by Crippen LogP contribution is -2.32. The van der Waals surface area contributed by atoms with Crippen molar-refractivity contribution >= 4 is 12.0 Å². The molecule has 4 rings (SSSR count). The maximum absolute atomic E-state index is 12.8. The number of carbonyl (C=O) groups is 1. The summed E-state index contributed by atoms with van der Waals surface area (Å²) in [6.45, 7) is 2.82. The molecule has 7 heteroatoms. The lowest BCUT2D eigenvalue weighted by Gasteiger charge is -2.26. The minimum Gasteiger partial charge on any atom is -0.504 e. The number of rotatable bonds is 7. The average Bonchev–Trinajstić information content (AvgIpc) is 3.15. The smallest absolute Gasteiger partial charge is 0.272 e. The van der Waals surface area contributed by atoms with Crippen molar-refractivity contribution in [3.63, 3.8) is 0 Å². The van der Waals surface area contributed by atoms with Gasteiger partial charge >= 0.3 is 0 Å². The van der Waals surface area contributed by atoms with Gasteiger partial charge in [0.25, 0.3) is 5.91 Å². The van der Waals surface area contributed by atoms with Gasteiger partial charge in [-0.05, 0) is 23.3 Å². The topological polar surface area (TPSA) is 79.6 Å². The Labute approximate surface area is 187 Å². The molecule has 2 aromatic carbocycles. The fourth-order valence-electron chi connectivity index (χ4n) is 3.98. The van der Waals surface area contributed by atoms with E-state index in [4.69, 9.17) is 4.74 Å². The number of carbonyl (C=O) groups excluding carboxylic acids is 1. The molecule has 166 valence electrons. The molecule has 0 bridgehead atoms. The lowest BCUT2D eigenvalue weighted by atomic mass is 10.0. The second-order valence-corrected chi connectivity index (χ2v) is 7.88. The second kappa shape index (κ2) is 9.70. The van der Waals surface area contributed by atoms with Gasteiger partial charge in [-0.2, -0.15) is 5.10 Å². The van der Waals surface area contributed by atoms with Crippen molar-refractivity contribution < 1.29 is 14.6 Å². The van der Waals surface area contributed by atoms with Crippen LogP contribution in [0.25, 0.3) is 6.08 Å². The monoisotopic (exact) mass is 432 g/mol. The Morgan fingerprint density at radius 2 is 2.06 bits per heavy atom. The zero-order chi connectivity index (χ0) is 22.5. The summed E-state index contributed by atoms with van der Waals surface area (Å²) in [7, 11) is 3.44. The van der Waals surface area contributed by atoms with Crippen LogP contribution < -0.4 is 10.1 Å². The Morgan fingerprint density at radius 1 is 1.25 bits per heavy atom. The van der Waals surface area contributed by atoms with Gasteiger partial charge in [0.1, 0.15) is 0 Å². The third kappa shape index (κ3) is 4.84. The lowest BCUT2D eigenvalue weighted by molar-refractivity contribution is 0.0943. The number of phenolic OH excluding ortho intramolecular Hbond substituents is 1. The Morgan fingerprint density at radius 3 is 2.84 bits per heavy atom. The molecule has 0 saturated carbocycles. The molecular weight excluding hydrogens is 404 g/mol. The Kier molecular flexibility index (Phi) is 6.56. The minimum absolute atomic E-state index is 0.128. The first kappa shape index (κ1) is 21.6. The quantitative estimate of drug-likeness (QED) is 0.600. The number of aromatic nitrogens is 2. The summed E-state index contributed by atoms with van der Waals surface area (Å²) in [6.07, 6.45) is 4.95. The highest BCUT2D eigenvalue weighted by atomic mass is 16.5. The van der Waals surface area contributed by atoms with E-state index in [0.717, 1.165) is 41.9 Å². The number of ether oxygens (including phenoxy) is 1. The highest BCUT2D eigenvalue weighted by Crippen LogP contribution is 2.27. The predicted molar refractivity (Wildman–Crippen MR) is 123 cm³/mol. The first-order valence-electron chi connectivity index (χ1n) is 10.7. The summed E-state index contributed by atoms with van der Waals surface area (Å²) in [6, 6.07) is 15.1. The molecule has 0 radical (unpaired) electrons. The van der Waals surface area contributed by atoms with Gasteiger partial charge in [0.2, 0.25) is 0 Å². The number of benzene rings is 2. The maximum Gasteiger partial charge on any atom is 0.272 e. The molecule has 0 fully saturated rings. The van der Waals surface area contributed by atoms with Crippen LogP contribution >= 0.6 is 0 Å². The molecule has 0 saturated heterocycles. The van der Waals surface area contributed by atoms with Gasteiger partial charge < -0.3 is 15.2 Å². The van der Waals surface area contributed by atoms with Gasteiger partial charge in [-0.25, -0.2) is 0 Å². The van der Waals surface area contributed by atoms with Gasteiger partial charge in [-0.15, -0.1) is 0 Å². The van der Waals surface area contributed by atoms with Crippen LogP contribution in [-0.4, -0.2) is 45.9 Å². The van der Waals surface area contributed by atoms with Crippen LogP contribution in [0, 0.1) is 0 Å². The molecule has 1 aliphatic rings. The fraction of sp³-hybridized carbons (Fsp3) is 0.280. The zero-order valence-electron chi connectivity index (χ0n) is 18.4. The molecule has 0 atom stereocenters. The van der Waals surface area contributed by atoms with E-state index in [0.29, 0.717) is 24.5 Å². The van der Waals surface area contributed by atoms with Gasteiger partial charge in [-0.3, -0.25) is 14.4 Å². The van der Waals surface area contributed by atoms with Crippen LogP contribution in [0.3, 0.4) is 0 Å². The number of hydrogen-bond acceptors (Lipinski definition) is 5. The number of methoxy groups -OCH3 is 1. The van der Waals surface area contributed by atoms with Gasteiger partial charge in [0.15, 0.2) is 17.2 Å². The van der Waals surface area contributed by atoms with Crippen molar-refractivity contribution in [2.75, 3.05) is 20.2 Å². The molecule has 7 nitrogen and oxygen atoms in total. The van der Waals surface area contributed by atoms with Crippen molar-refractivity contribution in [3.8, 4) is 11.5 Å². The first-order valence-corrected chi connectivity index (χ1v) is 10.7. The molecule has 1 amide bonds. The van der Waals surface area contributed by atoms with Crippen LogP contribution in [0.2, 0.25) is 0 Å². The van der Waals surface area contributed by atoms with E-state index in [1.807, 2.05) is 54.2 Å². The number of fused-ring (bicyclic) bond motifs is 1. The number of aromatic hydroxyl groups is 1. The first-order chi connectivity index (χ1) is 15.5. The molecule has 1 aromatic heterocycles. The second-order valence-electron chi connectivity index (χ2n) is 7.88. The molecule has 0 unspecified atom stereocenters. The van der Waals surface area contributed by atoms with Crippen LogP contribution in [-0.2, 0) is 26.6 Å². The summed E-state index contributed by atoms with van der Waals surface area (Å²) in [4.78, 5) is 15.1. The van der Waals surface area contributed by atoms with E-state index in [1.165, 1.54) is 7.11 Å². The highest BCUT2D eigenvalue weighted by molar-refractivity contribution is 5.94. The van der Waals surface area contributed by atoms with E-state index < -0.39 is 0 Å². The summed E-state index contributed by atoms with van der Waals surface area (Å²) in [5.41, 5.74) is 4.65. The molecule has 3 aromatic rings. The van der Waals surface area contributed by atoms with Gasteiger partial charge in [-0.1, -0.05) is 48.6 Å². The van der Waals surface area contributed by atoms with Crippen LogP contribution in [0.4, 0.5) is 0 Å². The summed E-state index contributed by atoms with van der Waals surface area (Å²) in [5, 5.41) is 17.2. The van der Waals surface area contributed by atoms with Crippen LogP contribution in [0.1, 0.15) is 32.9 Å². The van der Waals surface area contributed by atoms with Gasteiger partial charge in [0, 0.05) is 50.9 Å². The van der Waals surface area contributed by atoms with E-state index in [-0.39, 0.29) is 11.7 Å². The third-order valence-electron chi connectivity index (χ3n) is 5.71. The van der Waals surface area contributed by atoms with E-state index in [1.54, 1.807) is 12.1 Å². The number of phenols is 1. The molecule has 0 spiro atoms. The molecule has 1 aliphatic heterocycles. The average molecular weight is 433 g/mol. The molecule has 2 heterocycles. The van der Waals surface area contributed by atoms with E-state index >= 15 is 0 Å². The highest BCUT2D eigenvalue weighted by Gasteiger charge is 2.26. The van der Waals surface area contributed by atoms with Crippen molar-refractivity contribution in [3.05, 3.63) is 82.7 Å². The number of aryl methyl sites for hydroxylation is 1. The maximum atomic E-state index is 12.8. The molecule has 0 aliphatic carbocycles. The van der Waals surface area contributed by atoms with Crippen LogP contribution in [0.15, 0.2) is 54.6 Å². The zero-order valence-corrected chi connectivity index (χ0v) is 18.4. The predicted octanol–water partition coefficient (Wildman–Crippen LogP) is 3.14. The molecule has 32 heavy (non-hydrogen) atoms. The standard InChI is InChI=1S/C25H28N4O3/c1-28-21-12-14-29(13-6-9-18-10-11-22(30)23(15-18)32-2)17-20(21)24(27-28)25(31)26-16-19-7-4-3-5-8-19/h3-11,15,30H,12-14,16-17H2,1-2H3,(H,26,31). The normalized spacial score (nSPS) is 13.8.